The molecular weight excluding hydrogens is 348 g/mol. The number of nitrogens with one attached hydrogen (secondary N) is 1. The fraction of sp³-hybridized carbons (Fsp3) is 0.722. The van der Waals surface area contributed by atoms with Gasteiger partial charge in [-0.25, -0.2) is 0 Å². The minimum Gasteiger partial charge on any atom is -0.468 e. The molecule has 2 aromatic rings. The van der Waals surface area contributed by atoms with Gasteiger partial charge in [0.05, 0.1) is 19.8 Å². The van der Waals surface area contributed by atoms with Crippen molar-refractivity contribution in [3.63, 3.8) is 0 Å². The van der Waals surface area contributed by atoms with Crippen LogP contribution < -0.4 is 20.5 Å². The van der Waals surface area contributed by atoms with Crippen LogP contribution in [0.3, 0.4) is 0 Å². The number of imidazole rings is 1. The van der Waals surface area contributed by atoms with E-state index in [0.717, 1.165) is 51.8 Å². The van der Waals surface area contributed by atoms with Crippen molar-refractivity contribution in [2.75, 3.05) is 39.1 Å². The number of nitrogens with two attached hydrogens (primary N) is 1. The molecule has 0 aromatic carbocycles. The molecular formula is C18H30N6O3. The Morgan fingerprint density at radius 3 is 2.93 bits per heavy atom. The molecule has 1 fully saturated rings. The first-order chi connectivity index (χ1) is 13.2. The molecule has 1 aliphatic heterocycles. The van der Waals surface area contributed by atoms with E-state index in [2.05, 4.69) is 27.2 Å². The molecule has 1 atom stereocenters. The van der Waals surface area contributed by atoms with Crippen molar-refractivity contribution in [3.05, 3.63) is 0 Å². The zero-order valence-corrected chi connectivity index (χ0v) is 16.2. The first kappa shape index (κ1) is 19.6. The molecule has 0 spiro atoms. The van der Waals surface area contributed by atoms with Gasteiger partial charge in [0.1, 0.15) is 0 Å². The van der Waals surface area contributed by atoms with Gasteiger partial charge in [0.15, 0.2) is 17.0 Å². The van der Waals surface area contributed by atoms with Crippen LogP contribution in [0, 0.1) is 0 Å². The Labute approximate surface area is 159 Å². The molecule has 27 heavy (non-hydrogen) atoms. The number of rotatable bonds is 11. The third-order valence-electron chi connectivity index (χ3n) is 4.61. The highest BCUT2D eigenvalue weighted by Gasteiger charge is 2.18. The molecule has 2 aromatic heterocycles. The van der Waals surface area contributed by atoms with Crippen LogP contribution in [0.15, 0.2) is 0 Å². The highest BCUT2D eigenvalue weighted by molar-refractivity contribution is 5.83. The summed E-state index contributed by atoms with van der Waals surface area (Å²) < 4.78 is 18.6. The number of methoxy groups -OCH3 is 1. The van der Waals surface area contributed by atoms with Crippen LogP contribution in [0.5, 0.6) is 12.0 Å². The summed E-state index contributed by atoms with van der Waals surface area (Å²) in [5.41, 5.74) is 7.24. The van der Waals surface area contributed by atoms with Crippen LogP contribution in [0.1, 0.15) is 39.0 Å². The lowest BCUT2D eigenvalue weighted by atomic mass is 10.2. The number of hydrogen-bond donors (Lipinski definition) is 2. The highest BCUT2D eigenvalue weighted by Crippen LogP contribution is 2.25. The summed E-state index contributed by atoms with van der Waals surface area (Å²) in [5, 5.41) is 3.45. The Morgan fingerprint density at radius 2 is 2.19 bits per heavy atom. The van der Waals surface area contributed by atoms with E-state index in [1.807, 2.05) is 4.57 Å². The van der Waals surface area contributed by atoms with Gasteiger partial charge < -0.3 is 25.3 Å². The molecule has 1 unspecified atom stereocenters. The van der Waals surface area contributed by atoms with Crippen molar-refractivity contribution < 1.29 is 14.2 Å². The number of hydrogen-bond acceptors (Lipinski definition) is 8. The second-order valence-electron chi connectivity index (χ2n) is 6.71. The average Bonchev–Trinajstić information content (AvgIpc) is 3.30. The molecule has 0 radical (unpaired) electrons. The zero-order valence-electron chi connectivity index (χ0n) is 16.2. The molecule has 150 valence electrons. The van der Waals surface area contributed by atoms with Crippen LogP contribution in [0.2, 0.25) is 0 Å². The quantitative estimate of drug-likeness (QED) is 0.569. The van der Waals surface area contributed by atoms with Crippen molar-refractivity contribution in [1.82, 2.24) is 24.8 Å². The third kappa shape index (κ3) is 4.98. The van der Waals surface area contributed by atoms with E-state index in [-0.39, 0.29) is 6.01 Å². The number of ether oxygens (including phenoxy) is 3. The number of nitrogens with zero attached hydrogens (tertiary/aromatic N) is 4. The Balaban J connectivity index is 1.64. The second-order valence-corrected chi connectivity index (χ2v) is 6.71. The van der Waals surface area contributed by atoms with Gasteiger partial charge in [-0.05, 0) is 32.2 Å². The maximum atomic E-state index is 6.06. The Hall–Kier alpha value is -2.13. The number of unbranched alkanes of at least 4 members (excludes halogenated alkanes) is 1. The maximum Gasteiger partial charge on any atom is 0.320 e. The molecule has 0 aliphatic carbocycles. The van der Waals surface area contributed by atoms with E-state index in [1.54, 1.807) is 7.11 Å². The van der Waals surface area contributed by atoms with Crippen LogP contribution in [-0.4, -0.2) is 59.0 Å². The van der Waals surface area contributed by atoms with Gasteiger partial charge in [0.2, 0.25) is 0 Å². The normalized spacial score (nSPS) is 16.9. The Bertz CT molecular complexity index is 729. The largest absolute Gasteiger partial charge is 0.468 e. The summed E-state index contributed by atoms with van der Waals surface area (Å²) in [5.74, 6) is 0.306. The summed E-state index contributed by atoms with van der Waals surface area (Å²) in [6.07, 6.45) is 5.55. The van der Waals surface area contributed by atoms with Crippen LogP contribution >= 0.6 is 0 Å². The summed E-state index contributed by atoms with van der Waals surface area (Å²) in [4.78, 5) is 13.1. The molecule has 9 nitrogen and oxygen atoms in total. The van der Waals surface area contributed by atoms with Gasteiger partial charge in [-0.2, -0.15) is 15.0 Å². The lowest BCUT2D eigenvalue weighted by Crippen LogP contribution is -2.27. The molecule has 0 amide bonds. The van der Waals surface area contributed by atoms with Crippen LogP contribution in [0.25, 0.3) is 11.2 Å². The monoisotopic (exact) mass is 378 g/mol. The molecule has 3 rings (SSSR count). The van der Waals surface area contributed by atoms with Crippen LogP contribution in [-0.2, 0) is 11.3 Å². The standard InChI is InChI=1S/C18H30N6O3/c1-3-4-10-27-17-22-15(19)14-16(23-17)24(18(21-14)25-2)9-6-8-20-12-13-7-5-11-26-13/h13,20H,3-12H2,1-2H3,(H2,19,22,23). The molecule has 3 N–H and O–H groups in total. The smallest absolute Gasteiger partial charge is 0.320 e. The summed E-state index contributed by atoms with van der Waals surface area (Å²) in [6.45, 7) is 6.04. The van der Waals surface area contributed by atoms with Crippen molar-refractivity contribution >= 4 is 17.0 Å². The topological polar surface area (TPSA) is 109 Å². The van der Waals surface area contributed by atoms with E-state index in [9.17, 15) is 0 Å². The predicted molar refractivity (Wildman–Crippen MR) is 103 cm³/mol. The lowest BCUT2D eigenvalue weighted by Gasteiger charge is -2.11. The van der Waals surface area contributed by atoms with Gasteiger partial charge >= 0.3 is 6.01 Å². The molecule has 3 heterocycles. The van der Waals surface area contributed by atoms with E-state index in [4.69, 9.17) is 19.9 Å². The Morgan fingerprint density at radius 1 is 1.30 bits per heavy atom. The average molecular weight is 378 g/mol. The number of nitrogen functional groups attached to an aromatic ring is 1. The fourth-order valence-electron chi connectivity index (χ4n) is 3.14. The summed E-state index contributed by atoms with van der Waals surface area (Å²) in [6, 6.07) is 0.768. The molecule has 1 aliphatic rings. The van der Waals surface area contributed by atoms with Gasteiger partial charge in [-0.1, -0.05) is 13.3 Å². The number of aryl methyl sites for hydroxylation is 1. The number of fused-ring (bicyclic) bond motifs is 1. The van der Waals surface area contributed by atoms with Crippen molar-refractivity contribution in [2.45, 2.75) is 51.7 Å². The van der Waals surface area contributed by atoms with E-state index >= 15 is 0 Å². The molecule has 0 bridgehead atoms. The Kier molecular flexibility index (Phi) is 7.05. The first-order valence-electron chi connectivity index (χ1n) is 9.75. The zero-order chi connectivity index (χ0) is 19.1. The van der Waals surface area contributed by atoms with Crippen molar-refractivity contribution in [2.24, 2.45) is 0 Å². The molecule has 9 heteroatoms. The number of aromatic nitrogens is 4. The van der Waals surface area contributed by atoms with Gasteiger partial charge in [-0.15, -0.1) is 0 Å². The van der Waals surface area contributed by atoms with Gasteiger partial charge in [0.25, 0.3) is 6.01 Å². The second kappa shape index (κ2) is 9.70. The highest BCUT2D eigenvalue weighted by atomic mass is 16.5. The summed E-state index contributed by atoms with van der Waals surface area (Å²) >= 11 is 0. The maximum absolute atomic E-state index is 6.06. The third-order valence-corrected chi connectivity index (χ3v) is 4.61. The minimum atomic E-state index is 0.286. The minimum absolute atomic E-state index is 0.286. The predicted octanol–water partition coefficient (Wildman–Crippen LogP) is 1.75. The van der Waals surface area contributed by atoms with Crippen LogP contribution in [0.4, 0.5) is 5.82 Å². The van der Waals surface area contributed by atoms with E-state index in [1.165, 1.54) is 0 Å². The number of anilines is 1. The first-order valence-corrected chi connectivity index (χ1v) is 9.75. The summed E-state index contributed by atoms with van der Waals surface area (Å²) in [7, 11) is 1.59. The van der Waals surface area contributed by atoms with Gasteiger partial charge in [0, 0.05) is 19.7 Å². The SMILES string of the molecule is CCCCOc1nc(N)c2nc(OC)n(CCCNCC3CCCO3)c2n1. The molecule has 1 saturated heterocycles. The van der Waals surface area contributed by atoms with Gasteiger partial charge in [-0.3, -0.25) is 4.57 Å². The molecule has 0 saturated carbocycles. The fourth-order valence-corrected chi connectivity index (χ4v) is 3.14. The van der Waals surface area contributed by atoms with E-state index < -0.39 is 0 Å². The van der Waals surface area contributed by atoms with Crippen molar-refractivity contribution in [3.8, 4) is 12.0 Å². The van der Waals surface area contributed by atoms with Crippen molar-refractivity contribution in [1.29, 1.82) is 0 Å². The van der Waals surface area contributed by atoms with E-state index in [0.29, 0.717) is 42.2 Å². The lowest BCUT2D eigenvalue weighted by molar-refractivity contribution is 0.110.